The van der Waals surface area contributed by atoms with Crippen LogP contribution in [-0.2, 0) is 16.2 Å². The van der Waals surface area contributed by atoms with Gasteiger partial charge in [0.25, 0.3) is 0 Å². The minimum absolute atomic E-state index is 0.273. The number of aryl methyl sites for hydroxylation is 2. The summed E-state index contributed by atoms with van der Waals surface area (Å²) in [5, 5.41) is 0.683. The number of anilines is 1. The number of hydrogen-bond donors (Lipinski definition) is 0. The highest BCUT2D eigenvalue weighted by Gasteiger charge is 2.32. The second kappa shape index (κ2) is 7.58. The van der Waals surface area contributed by atoms with Crippen molar-refractivity contribution < 1.29 is 23.8 Å². The van der Waals surface area contributed by atoms with E-state index in [2.05, 4.69) is 9.88 Å². The molecule has 1 aromatic heterocycles. The molecule has 0 aliphatic carbocycles. The molecule has 1 fully saturated rings. The van der Waals surface area contributed by atoms with Crippen molar-refractivity contribution in [3.05, 3.63) is 53.2 Å². The van der Waals surface area contributed by atoms with Crippen molar-refractivity contribution >= 4 is 28.5 Å². The summed E-state index contributed by atoms with van der Waals surface area (Å²) in [6, 6.07) is 11.5. The van der Waals surface area contributed by atoms with Gasteiger partial charge >= 0.3 is 11.9 Å². The first-order valence-corrected chi connectivity index (χ1v) is 10.4. The minimum atomic E-state index is -1.04. The van der Waals surface area contributed by atoms with Gasteiger partial charge in [0, 0.05) is 13.1 Å². The largest absolute Gasteiger partial charge is 0.489 e. The SMILES string of the molecule is Cc1ccc(OCc2cc3c4c(N5CCCC5)c(c(C)nc4c2)OC(=O)C(=O)O3)cc1. The molecule has 7 heteroatoms. The zero-order valence-corrected chi connectivity index (χ0v) is 17.4. The van der Waals surface area contributed by atoms with Crippen LogP contribution in [0.1, 0.15) is 29.7 Å². The highest BCUT2D eigenvalue weighted by Crippen LogP contribution is 2.45. The molecule has 7 nitrogen and oxygen atoms in total. The third kappa shape index (κ3) is 3.56. The van der Waals surface area contributed by atoms with Crippen molar-refractivity contribution in [2.75, 3.05) is 18.0 Å². The van der Waals surface area contributed by atoms with Gasteiger partial charge in [0.2, 0.25) is 0 Å². The van der Waals surface area contributed by atoms with Crippen LogP contribution in [0.4, 0.5) is 5.69 Å². The van der Waals surface area contributed by atoms with E-state index < -0.39 is 11.9 Å². The van der Waals surface area contributed by atoms with Crippen LogP contribution in [0.3, 0.4) is 0 Å². The van der Waals surface area contributed by atoms with Crippen LogP contribution in [-0.4, -0.2) is 30.0 Å². The van der Waals surface area contributed by atoms with Gasteiger partial charge in [0.05, 0.1) is 22.3 Å². The van der Waals surface area contributed by atoms with E-state index in [1.807, 2.05) is 37.3 Å². The van der Waals surface area contributed by atoms with Gasteiger partial charge < -0.3 is 19.1 Å². The van der Waals surface area contributed by atoms with Gasteiger partial charge in [-0.05, 0) is 56.5 Å². The summed E-state index contributed by atoms with van der Waals surface area (Å²) in [6.07, 6.45) is 2.10. The first-order chi connectivity index (χ1) is 15.0. The molecule has 2 aliphatic rings. The summed E-state index contributed by atoms with van der Waals surface area (Å²) in [5.41, 5.74) is 3.94. The van der Waals surface area contributed by atoms with Crippen molar-refractivity contribution in [3.63, 3.8) is 0 Å². The van der Waals surface area contributed by atoms with Crippen molar-refractivity contribution in [2.45, 2.75) is 33.3 Å². The van der Waals surface area contributed by atoms with Crippen LogP contribution in [0.25, 0.3) is 10.9 Å². The Balaban J connectivity index is 1.62. The van der Waals surface area contributed by atoms with Gasteiger partial charge in [0.15, 0.2) is 5.75 Å². The molecular formula is C24H22N2O5. The Morgan fingerprint density at radius 2 is 1.71 bits per heavy atom. The zero-order valence-electron chi connectivity index (χ0n) is 17.4. The number of ether oxygens (including phenoxy) is 3. The third-order valence-corrected chi connectivity index (χ3v) is 5.62. The van der Waals surface area contributed by atoms with E-state index in [0.717, 1.165) is 48.5 Å². The van der Waals surface area contributed by atoms with E-state index in [4.69, 9.17) is 14.2 Å². The first kappa shape index (κ1) is 19.4. The van der Waals surface area contributed by atoms with E-state index in [-0.39, 0.29) is 6.61 Å². The second-order valence-corrected chi connectivity index (χ2v) is 7.94. The molecule has 1 saturated heterocycles. The van der Waals surface area contributed by atoms with Crippen molar-refractivity contribution in [1.82, 2.24) is 4.98 Å². The monoisotopic (exact) mass is 418 g/mol. The normalized spacial score (nSPS) is 15.6. The van der Waals surface area contributed by atoms with Crippen molar-refractivity contribution in [3.8, 4) is 17.2 Å². The lowest BCUT2D eigenvalue weighted by Gasteiger charge is -2.26. The van der Waals surface area contributed by atoms with Crippen molar-refractivity contribution in [1.29, 1.82) is 0 Å². The molecule has 5 rings (SSSR count). The molecule has 0 spiro atoms. The van der Waals surface area contributed by atoms with E-state index >= 15 is 0 Å². The fourth-order valence-corrected chi connectivity index (χ4v) is 4.10. The van der Waals surface area contributed by atoms with Crippen LogP contribution < -0.4 is 19.1 Å². The quantitative estimate of drug-likeness (QED) is 0.362. The number of benzene rings is 2. The number of hydrogen-bond acceptors (Lipinski definition) is 7. The topological polar surface area (TPSA) is 78.0 Å². The molecule has 3 heterocycles. The Morgan fingerprint density at radius 1 is 1.00 bits per heavy atom. The fourth-order valence-electron chi connectivity index (χ4n) is 4.10. The van der Waals surface area contributed by atoms with Crippen LogP contribution in [0.2, 0.25) is 0 Å². The average molecular weight is 418 g/mol. The standard InChI is InChI=1S/C24H22N2O5/c1-14-5-7-17(8-6-14)29-13-16-11-18-20-19(12-16)30-23(27)24(28)31-22(15(2)25-18)21(20)26-9-3-4-10-26/h5-8,11-12H,3-4,9-10,13H2,1-2H3. The summed E-state index contributed by atoms with van der Waals surface area (Å²) >= 11 is 0. The number of esters is 2. The fraction of sp³-hybridized carbons (Fsp3) is 0.292. The Bertz CT molecular complexity index is 1200. The molecule has 31 heavy (non-hydrogen) atoms. The molecule has 2 bridgehead atoms. The van der Waals surface area contributed by atoms with E-state index in [0.29, 0.717) is 28.1 Å². The minimum Gasteiger partial charge on any atom is -0.489 e. The van der Waals surface area contributed by atoms with Crippen LogP contribution >= 0.6 is 0 Å². The Morgan fingerprint density at radius 3 is 2.45 bits per heavy atom. The van der Waals surface area contributed by atoms with Gasteiger partial charge in [0.1, 0.15) is 18.1 Å². The predicted octanol–water partition coefficient (Wildman–Crippen LogP) is 3.86. The molecule has 3 aromatic rings. The Labute approximate surface area is 179 Å². The molecule has 0 N–H and O–H groups in total. The Kier molecular flexibility index (Phi) is 4.73. The maximum atomic E-state index is 12.3. The van der Waals surface area contributed by atoms with Crippen molar-refractivity contribution in [2.24, 2.45) is 0 Å². The van der Waals surface area contributed by atoms with E-state index in [9.17, 15) is 9.59 Å². The van der Waals surface area contributed by atoms with Gasteiger partial charge in [-0.2, -0.15) is 0 Å². The predicted molar refractivity (Wildman–Crippen MR) is 115 cm³/mol. The molecule has 0 amide bonds. The maximum Gasteiger partial charge on any atom is 0.423 e. The number of nitrogens with zero attached hydrogens (tertiary/aromatic N) is 2. The summed E-state index contributed by atoms with van der Waals surface area (Å²) in [7, 11) is 0. The highest BCUT2D eigenvalue weighted by molar-refractivity contribution is 6.32. The van der Waals surface area contributed by atoms with Gasteiger partial charge in [-0.15, -0.1) is 0 Å². The average Bonchev–Trinajstić information content (AvgIpc) is 3.27. The summed E-state index contributed by atoms with van der Waals surface area (Å²) in [6.45, 7) is 5.76. The molecule has 2 aromatic carbocycles. The number of fused-ring (bicyclic) bond motifs is 1. The molecular weight excluding hydrogens is 396 g/mol. The molecule has 0 atom stereocenters. The van der Waals surface area contributed by atoms with E-state index in [1.54, 1.807) is 13.0 Å². The highest BCUT2D eigenvalue weighted by atomic mass is 16.6. The van der Waals surface area contributed by atoms with Gasteiger partial charge in [-0.25, -0.2) is 14.6 Å². The molecule has 0 saturated carbocycles. The number of pyridine rings is 1. The maximum absolute atomic E-state index is 12.3. The summed E-state index contributed by atoms with van der Waals surface area (Å²) < 4.78 is 16.8. The summed E-state index contributed by atoms with van der Waals surface area (Å²) in [5.74, 6) is -0.711. The van der Waals surface area contributed by atoms with Gasteiger partial charge in [-0.1, -0.05) is 17.7 Å². The lowest BCUT2D eigenvalue weighted by atomic mass is 10.1. The van der Waals surface area contributed by atoms with Crippen LogP contribution in [0.5, 0.6) is 17.2 Å². The smallest absolute Gasteiger partial charge is 0.423 e. The van der Waals surface area contributed by atoms with Crippen LogP contribution in [0.15, 0.2) is 36.4 Å². The van der Waals surface area contributed by atoms with Gasteiger partial charge in [-0.3, -0.25) is 0 Å². The molecule has 158 valence electrons. The molecule has 0 radical (unpaired) electrons. The third-order valence-electron chi connectivity index (χ3n) is 5.62. The summed E-state index contributed by atoms with van der Waals surface area (Å²) in [4.78, 5) is 31.4. The molecule has 2 aliphatic heterocycles. The number of carbonyl (C=O) groups is 2. The second-order valence-electron chi connectivity index (χ2n) is 7.94. The zero-order chi connectivity index (χ0) is 21.5. The number of rotatable bonds is 4. The first-order valence-electron chi connectivity index (χ1n) is 10.4. The van der Waals surface area contributed by atoms with Crippen LogP contribution in [0, 0.1) is 13.8 Å². The lowest BCUT2D eigenvalue weighted by molar-refractivity contribution is -0.156. The van der Waals surface area contributed by atoms with E-state index in [1.165, 1.54) is 0 Å². The Hall–Kier alpha value is -3.61. The lowest BCUT2D eigenvalue weighted by Crippen LogP contribution is -2.29. The number of carbonyl (C=O) groups excluding carboxylic acids is 2. The molecule has 0 unspecified atom stereocenters. The number of aromatic nitrogens is 1.